The van der Waals surface area contributed by atoms with Gasteiger partial charge in [0.05, 0.1) is 10.7 Å². The van der Waals surface area contributed by atoms with E-state index in [0.717, 1.165) is 12.8 Å². The van der Waals surface area contributed by atoms with Gasteiger partial charge in [-0.3, -0.25) is 9.69 Å². The number of nitrogens with zero attached hydrogens (tertiary/aromatic N) is 1. The molecule has 1 saturated heterocycles. The first-order chi connectivity index (χ1) is 8.24. The van der Waals surface area contributed by atoms with E-state index in [1.54, 1.807) is 6.92 Å². The van der Waals surface area contributed by atoms with Crippen molar-refractivity contribution in [3.05, 3.63) is 0 Å². The molecule has 0 amide bonds. The average molecular weight is 275 g/mol. The first-order valence-electron chi connectivity index (χ1n) is 6.40. The highest BCUT2D eigenvalue weighted by Crippen LogP contribution is 2.37. The molecule has 104 valence electrons. The van der Waals surface area contributed by atoms with Gasteiger partial charge in [0.2, 0.25) is 0 Å². The van der Waals surface area contributed by atoms with Gasteiger partial charge in [-0.2, -0.15) is 0 Å². The number of carboxylic acids is 1. The molecule has 2 aliphatic rings. The molecule has 3 atom stereocenters. The third-order valence-corrected chi connectivity index (χ3v) is 6.11. The van der Waals surface area contributed by atoms with Crippen molar-refractivity contribution in [2.45, 2.75) is 43.9 Å². The van der Waals surface area contributed by atoms with Crippen LogP contribution in [0.5, 0.6) is 0 Å². The van der Waals surface area contributed by atoms with Crippen LogP contribution in [0.2, 0.25) is 0 Å². The summed E-state index contributed by atoms with van der Waals surface area (Å²) in [6.45, 7) is 2.91. The van der Waals surface area contributed by atoms with E-state index in [1.165, 1.54) is 6.26 Å². The van der Waals surface area contributed by atoms with Crippen LogP contribution in [-0.2, 0) is 14.6 Å². The molecule has 2 rings (SSSR count). The molecular formula is C12H21NO4S. The summed E-state index contributed by atoms with van der Waals surface area (Å²) in [5.41, 5.74) is -0.718. The fourth-order valence-corrected chi connectivity index (χ4v) is 4.75. The number of likely N-dealkylation sites (tertiary alicyclic amines) is 1. The van der Waals surface area contributed by atoms with Gasteiger partial charge >= 0.3 is 5.97 Å². The van der Waals surface area contributed by atoms with Crippen molar-refractivity contribution in [1.29, 1.82) is 0 Å². The predicted octanol–water partition coefficient (Wildman–Crippen LogP) is 0.749. The smallest absolute Gasteiger partial charge is 0.310 e. The Balaban J connectivity index is 2.12. The van der Waals surface area contributed by atoms with Gasteiger partial charge in [0.25, 0.3) is 0 Å². The topological polar surface area (TPSA) is 74.7 Å². The minimum absolute atomic E-state index is 0.0150. The van der Waals surface area contributed by atoms with Crippen molar-refractivity contribution in [3.8, 4) is 0 Å². The molecule has 1 heterocycles. The van der Waals surface area contributed by atoms with E-state index in [2.05, 4.69) is 4.90 Å². The second kappa shape index (κ2) is 4.49. The van der Waals surface area contributed by atoms with Gasteiger partial charge in [-0.15, -0.1) is 0 Å². The van der Waals surface area contributed by atoms with Crippen LogP contribution in [0.25, 0.3) is 0 Å². The van der Waals surface area contributed by atoms with Gasteiger partial charge in [-0.25, -0.2) is 8.42 Å². The lowest BCUT2D eigenvalue weighted by Crippen LogP contribution is -2.44. The lowest BCUT2D eigenvalue weighted by Gasteiger charge is -2.29. The SMILES string of the molecule is CC1(C(=O)O)CCN(C2CCCC2S(C)(=O)=O)C1. The minimum atomic E-state index is -3.04. The molecule has 1 N–H and O–H groups in total. The second-order valence-corrected chi connectivity index (χ2v) is 8.22. The summed E-state index contributed by atoms with van der Waals surface area (Å²) in [5.74, 6) is -0.779. The normalized spacial score (nSPS) is 38.1. The van der Waals surface area contributed by atoms with Crippen LogP contribution in [0.1, 0.15) is 32.6 Å². The molecular weight excluding hydrogens is 254 g/mol. The summed E-state index contributed by atoms with van der Waals surface area (Å²) in [5, 5.41) is 8.90. The summed E-state index contributed by atoms with van der Waals surface area (Å²) in [4.78, 5) is 13.3. The first-order valence-corrected chi connectivity index (χ1v) is 8.36. The lowest BCUT2D eigenvalue weighted by molar-refractivity contribution is -0.147. The molecule has 3 unspecified atom stereocenters. The first kappa shape index (κ1) is 13.8. The third kappa shape index (κ3) is 2.40. The molecule has 2 fully saturated rings. The molecule has 1 saturated carbocycles. The van der Waals surface area contributed by atoms with Gasteiger partial charge in [0, 0.05) is 18.8 Å². The molecule has 18 heavy (non-hydrogen) atoms. The molecule has 0 aromatic carbocycles. The second-order valence-electron chi connectivity index (χ2n) is 5.95. The number of carboxylic acid groups (broad SMARTS) is 1. The van der Waals surface area contributed by atoms with Gasteiger partial charge in [0.15, 0.2) is 9.84 Å². The third-order valence-electron chi connectivity index (χ3n) is 4.46. The fraction of sp³-hybridized carbons (Fsp3) is 0.917. The number of rotatable bonds is 3. The highest BCUT2D eigenvalue weighted by molar-refractivity contribution is 7.91. The molecule has 1 aliphatic carbocycles. The predicted molar refractivity (Wildman–Crippen MR) is 68.2 cm³/mol. The van der Waals surface area contributed by atoms with E-state index in [0.29, 0.717) is 25.9 Å². The van der Waals surface area contributed by atoms with Crippen LogP contribution in [-0.4, -0.2) is 55.0 Å². The molecule has 0 aromatic rings. The van der Waals surface area contributed by atoms with E-state index in [1.807, 2.05) is 0 Å². The maximum atomic E-state index is 11.8. The average Bonchev–Trinajstić information content (AvgIpc) is 2.82. The quantitative estimate of drug-likeness (QED) is 0.822. The van der Waals surface area contributed by atoms with E-state index in [-0.39, 0.29) is 11.3 Å². The molecule has 0 aromatic heterocycles. The highest BCUT2D eigenvalue weighted by atomic mass is 32.2. The van der Waals surface area contributed by atoms with E-state index in [4.69, 9.17) is 0 Å². The summed E-state index contributed by atoms with van der Waals surface area (Å²) in [6, 6.07) is 0.0150. The highest BCUT2D eigenvalue weighted by Gasteiger charge is 2.46. The Hall–Kier alpha value is -0.620. The van der Waals surface area contributed by atoms with Crippen LogP contribution < -0.4 is 0 Å². The van der Waals surface area contributed by atoms with Crippen LogP contribution in [0.4, 0.5) is 0 Å². The summed E-state index contributed by atoms with van der Waals surface area (Å²) >= 11 is 0. The largest absolute Gasteiger partial charge is 0.481 e. The Morgan fingerprint density at radius 2 is 2.06 bits per heavy atom. The number of hydrogen-bond acceptors (Lipinski definition) is 4. The van der Waals surface area contributed by atoms with Gasteiger partial charge in [-0.05, 0) is 32.7 Å². The van der Waals surface area contributed by atoms with Crippen LogP contribution in [0.3, 0.4) is 0 Å². The Bertz CT molecular complexity index is 447. The molecule has 0 spiro atoms. The molecule has 5 nitrogen and oxygen atoms in total. The maximum Gasteiger partial charge on any atom is 0.310 e. The molecule has 0 bridgehead atoms. The minimum Gasteiger partial charge on any atom is -0.481 e. The van der Waals surface area contributed by atoms with E-state index >= 15 is 0 Å². The zero-order valence-corrected chi connectivity index (χ0v) is 11.7. The van der Waals surface area contributed by atoms with E-state index < -0.39 is 21.2 Å². The summed E-state index contributed by atoms with van der Waals surface area (Å²) < 4.78 is 23.5. The van der Waals surface area contributed by atoms with Gasteiger partial charge in [-0.1, -0.05) is 6.42 Å². The zero-order chi connectivity index (χ0) is 13.6. The number of aliphatic carboxylic acids is 1. The molecule has 6 heteroatoms. The van der Waals surface area contributed by atoms with Crippen LogP contribution in [0, 0.1) is 5.41 Å². The van der Waals surface area contributed by atoms with Crippen molar-refractivity contribution in [2.75, 3.05) is 19.3 Å². The Labute approximate surface area is 108 Å². The lowest BCUT2D eigenvalue weighted by atomic mass is 9.90. The number of hydrogen-bond donors (Lipinski definition) is 1. The van der Waals surface area contributed by atoms with Gasteiger partial charge in [0.1, 0.15) is 0 Å². The van der Waals surface area contributed by atoms with Gasteiger partial charge < -0.3 is 5.11 Å². The van der Waals surface area contributed by atoms with Crippen molar-refractivity contribution in [3.63, 3.8) is 0 Å². The van der Waals surface area contributed by atoms with E-state index in [9.17, 15) is 18.3 Å². The Morgan fingerprint density at radius 1 is 1.39 bits per heavy atom. The monoisotopic (exact) mass is 275 g/mol. The molecule has 1 aliphatic heterocycles. The number of sulfone groups is 1. The van der Waals surface area contributed by atoms with Crippen molar-refractivity contribution >= 4 is 15.8 Å². The zero-order valence-electron chi connectivity index (χ0n) is 10.9. The summed E-state index contributed by atoms with van der Waals surface area (Å²) in [7, 11) is -3.04. The van der Waals surface area contributed by atoms with Crippen LogP contribution in [0.15, 0.2) is 0 Å². The Morgan fingerprint density at radius 3 is 2.56 bits per heavy atom. The Kier molecular flexibility index (Phi) is 3.44. The summed E-state index contributed by atoms with van der Waals surface area (Å²) in [6.07, 6.45) is 4.40. The molecule has 0 radical (unpaired) electrons. The van der Waals surface area contributed by atoms with Crippen molar-refractivity contribution in [2.24, 2.45) is 5.41 Å². The fourth-order valence-electron chi connectivity index (χ4n) is 3.28. The van der Waals surface area contributed by atoms with Crippen molar-refractivity contribution < 1.29 is 18.3 Å². The standard InChI is InChI=1S/C12H21NO4S/c1-12(11(14)15)6-7-13(8-12)9-4-3-5-10(9)18(2,16)17/h9-10H,3-8H2,1-2H3,(H,14,15). The van der Waals surface area contributed by atoms with Crippen molar-refractivity contribution in [1.82, 2.24) is 4.90 Å². The maximum absolute atomic E-state index is 11.8. The van der Waals surface area contributed by atoms with Crippen LogP contribution >= 0.6 is 0 Å². The number of carbonyl (C=O) groups is 1.